The van der Waals surface area contributed by atoms with Crippen LogP contribution < -0.4 is 0 Å². The summed E-state index contributed by atoms with van der Waals surface area (Å²) in [5.74, 6) is 0. The molecule has 0 bridgehead atoms. The van der Waals surface area contributed by atoms with Crippen molar-refractivity contribution in [1.82, 2.24) is 9.30 Å². The van der Waals surface area contributed by atoms with E-state index in [9.17, 15) is 5.26 Å². The first kappa shape index (κ1) is 12.6. The van der Waals surface area contributed by atoms with Crippen LogP contribution in [0.1, 0.15) is 21.6 Å². The molecule has 0 amide bonds. The largest absolute Gasteiger partial charge is 0.322 e. The molecule has 0 radical (unpaired) electrons. The summed E-state index contributed by atoms with van der Waals surface area (Å²) >= 11 is 1.86. The van der Waals surface area contributed by atoms with Crippen molar-refractivity contribution >= 4 is 16.9 Å². The summed E-state index contributed by atoms with van der Waals surface area (Å²) in [5.41, 5.74) is 4.39. The van der Waals surface area contributed by atoms with Gasteiger partial charge in [-0.3, -0.25) is 4.90 Å². The second kappa shape index (κ2) is 5.03. The fourth-order valence-electron chi connectivity index (χ4n) is 3.11. The highest BCUT2D eigenvalue weighted by atomic mass is 32.1. The van der Waals surface area contributed by atoms with E-state index in [4.69, 9.17) is 0 Å². The third-order valence-corrected chi connectivity index (χ3v) is 5.18. The topological polar surface area (TPSA) is 31.4 Å². The van der Waals surface area contributed by atoms with Crippen LogP contribution in [-0.4, -0.2) is 15.8 Å². The van der Waals surface area contributed by atoms with Gasteiger partial charge in [0.1, 0.15) is 6.07 Å². The average Bonchev–Trinajstić information content (AvgIpc) is 3.10. The van der Waals surface area contributed by atoms with Crippen LogP contribution in [0.2, 0.25) is 0 Å². The van der Waals surface area contributed by atoms with Crippen LogP contribution in [-0.2, 0) is 19.5 Å². The van der Waals surface area contributed by atoms with E-state index in [-0.39, 0.29) is 0 Å². The molecule has 0 atom stereocenters. The summed E-state index contributed by atoms with van der Waals surface area (Å²) in [7, 11) is 0. The Morgan fingerprint density at radius 2 is 2.24 bits per heavy atom. The Kier molecular flexibility index (Phi) is 3.03. The van der Waals surface area contributed by atoms with E-state index in [1.165, 1.54) is 10.4 Å². The zero-order chi connectivity index (χ0) is 14.2. The summed E-state index contributed by atoms with van der Waals surface area (Å²) in [5, 5.41) is 11.7. The van der Waals surface area contributed by atoms with Gasteiger partial charge in [-0.2, -0.15) is 5.26 Å². The molecule has 3 aromatic heterocycles. The molecule has 0 saturated carbocycles. The minimum Gasteiger partial charge on any atom is -0.322 e. The summed E-state index contributed by atoms with van der Waals surface area (Å²) in [4.78, 5) is 3.96. The number of aromatic nitrogens is 1. The van der Waals surface area contributed by atoms with Gasteiger partial charge in [-0.25, -0.2) is 0 Å². The number of rotatable bonds is 2. The lowest BCUT2D eigenvalue weighted by molar-refractivity contribution is 0.247. The Morgan fingerprint density at radius 1 is 1.29 bits per heavy atom. The number of hydrogen-bond donors (Lipinski definition) is 0. The zero-order valence-electron chi connectivity index (χ0n) is 11.6. The van der Waals surface area contributed by atoms with Crippen molar-refractivity contribution in [2.45, 2.75) is 19.5 Å². The van der Waals surface area contributed by atoms with Crippen LogP contribution in [0.15, 0.2) is 42.0 Å². The van der Waals surface area contributed by atoms with Gasteiger partial charge < -0.3 is 4.40 Å². The van der Waals surface area contributed by atoms with Gasteiger partial charge in [0.15, 0.2) is 0 Å². The monoisotopic (exact) mass is 293 g/mol. The SMILES string of the molecule is N#Cc1c(CN2CCc3sccc3C2)cn2ccccc12. The number of thiophene rings is 1. The predicted molar refractivity (Wildman–Crippen MR) is 84.2 cm³/mol. The van der Waals surface area contributed by atoms with Crippen molar-refractivity contribution in [3.8, 4) is 6.07 Å². The lowest BCUT2D eigenvalue weighted by atomic mass is 10.1. The molecule has 0 saturated heterocycles. The number of pyridine rings is 1. The minimum absolute atomic E-state index is 0.812. The maximum atomic E-state index is 9.48. The van der Waals surface area contributed by atoms with E-state index in [0.717, 1.165) is 42.7 Å². The molecule has 21 heavy (non-hydrogen) atoms. The Balaban J connectivity index is 1.65. The highest BCUT2D eigenvalue weighted by Crippen LogP contribution is 2.26. The number of nitriles is 1. The van der Waals surface area contributed by atoms with Gasteiger partial charge in [0.25, 0.3) is 0 Å². The van der Waals surface area contributed by atoms with Crippen LogP contribution in [0.25, 0.3) is 5.52 Å². The van der Waals surface area contributed by atoms with E-state index in [2.05, 4.69) is 28.6 Å². The van der Waals surface area contributed by atoms with E-state index < -0.39 is 0 Å². The van der Waals surface area contributed by atoms with Gasteiger partial charge in [-0.1, -0.05) is 6.07 Å². The van der Waals surface area contributed by atoms with Crippen LogP contribution in [0.3, 0.4) is 0 Å². The second-order valence-electron chi connectivity index (χ2n) is 5.46. The molecule has 3 nitrogen and oxygen atoms in total. The third kappa shape index (κ3) is 2.15. The molecule has 0 spiro atoms. The molecule has 4 heteroatoms. The molecule has 1 aliphatic rings. The second-order valence-corrected chi connectivity index (χ2v) is 6.46. The molecule has 0 N–H and O–H groups in total. The lowest BCUT2D eigenvalue weighted by Gasteiger charge is -2.26. The smallest absolute Gasteiger partial charge is 0.102 e. The van der Waals surface area contributed by atoms with Crippen molar-refractivity contribution in [2.24, 2.45) is 0 Å². The normalized spacial score (nSPS) is 15.0. The standard InChI is InChI=1S/C17H15N3S/c18-9-15-14(12-20-6-2-1-3-16(15)20)11-19-7-4-17-13(10-19)5-8-21-17/h1-3,5-6,8,12H,4,7,10-11H2. The van der Waals surface area contributed by atoms with Gasteiger partial charge in [0.05, 0.1) is 11.1 Å². The van der Waals surface area contributed by atoms with Gasteiger partial charge >= 0.3 is 0 Å². The van der Waals surface area contributed by atoms with Crippen LogP contribution in [0.4, 0.5) is 0 Å². The van der Waals surface area contributed by atoms with Crippen LogP contribution >= 0.6 is 11.3 Å². The maximum Gasteiger partial charge on any atom is 0.102 e. The molecule has 1 aliphatic heterocycles. The first-order chi connectivity index (χ1) is 10.3. The molecular weight excluding hydrogens is 278 g/mol. The van der Waals surface area contributed by atoms with Gasteiger partial charge in [0, 0.05) is 42.5 Å². The number of fused-ring (bicyclic) bond motifs is 2. The maximum absolute atomic E-state index is 9.48. The molecule has 104 valence electrons. The fraction of sp³-hybridized carbons (Fsp3) is 0.235. The fourth-order valence-corrected chi connectivity index (χ4v) is 4.00. The summed E-state index contributed by atoms with van der Waals surface area (Å²) in [6, 6.07) is 10.6. The van der Waals surface area contributed by atoms with E-state index in [0.29, 0.717) is 0 Å². The molecule has 4 rings (SSSR count). The van der Waals surface area contributed by atoms with Gasteiger partial charge in [0.2, 0.25) is 0 Å². The average molecular weight is 293 g/mol. The Morgan fingerprint density at radius 3 is 3.14 bits per heavy atom. The number of nitrogens with zero attached hydrogens (tertiary/aromatic N) is 3. The Bertz CT molecular complexity index is 837. The molecule has 0 fully saturated rings. The molecular formula is C17H15N3S. The van der Waals surface area contributed by atoms with Crippen LogP contribution in [0, 0.1) is 11.3 Å². The minimum atomic E-state index is 0.812. The molecule has 0 aromatic carbocycles. The van der Waals surface area contributed by atoms with Crippen molar-refractivity contribution < 1.29 is 0 Å². The Labute approximate surface area is 127 Å². The molecule has 0 unspecified atom stereocenters. The van der Waals surface area contributed by atoms with E-state index in [1.54, 1.807) is 0 Å². The first-order valence-electron chi connectivity index (χ1n) is 7.11. The Hall–Kier alpha value is -2.09. The van der Waals surface area contributed by atoms with Crippen molar-refractivity contribution in [2.75, 3.05) is 6.54 Å². The van der Waals surface area contributed by atoms with Crippen molar-refractivity contribution in [3.63, 3.8) is 0 Å². The quantitative estimate of drug-likeness (QED) is 0.725. The van der Waals surface area contributed by atoms with E-state index in [1.807, 2.05) is 40.1 Å². The highest BCUT2D eigenvalue weighted by Gasteiger charge is 2.19. The third-order valence-electron chi connectivity index (χ3n) is 4.15. The lowest BCUT2D eigenvalue weighted by Crippen LogP contribution is -2.29. The molecule has 0 aliphatic carbocycles. The highest BCUT2D eigenvalue weighted by molar-refractivity contribution is 7.10. The summed E-state index contributed by atoms with van der Waals surface area (Å²) < 4.78 is 2.05. The number of hydrogen-bond acceptors (Lipinski definition) is 3. The first-order valence-corrected chi connectivity index (χ1v) is 7.99. The summed E-state index contributed by atoms with van der Waals surface area (Å²) in [6.45, 7) is 2.92. The van der Waals surface area contributed by atoms with E-state index >= 15 is 0 Å². The van der Waals surface area contributed by atoms with Crippen molar-refractivity contribution in [3.05, 3.63) is 63.6 Å². The van der Waals surface area contributed by atoms with Crippen LogP contribution in [0.5, 0.6) is 0 Å². The zero-order valence-corrected chi connectivity index (χ0v) is 12.4. The predicted octanol–water partition coefficient (Wildman–Crippen LogP) is 3.43. The van der Waals surface area contributed by atoms with Gasteiger partial charge in [-0.15, -0.1) is 11.3 Å². The molecule has 4 heterocycles. The van der Waals surface area contributed by atoms with Crippen molar-refractivity contribution in [1.29, 1.82) is 5.26 Å². The summed E-state index contributed by atoms with van der Waals surface area (Å²) in [6.07, 6.45) is 5.23. The molecule has 3 aromatic rings. The van der Waals surface area contributed by atoms with Gasteiger partial charge in [-0.05, 0) is 35.6 Å².